The van der Waals surface area contributed by atoms with E-state index in [1.165, 1.54) is 24.8 Å². The van der Waals surface area contributed by atoms with Crippen LogP contribution in [0, 0.1) is 20.8 Å². The van der Waals surface area contributed by atoms with Gasteiger partial charge in [-0.3, -0.25) is 4.79 Å². The van der Waals surface area contributed by atoms with Crippen LogP contribution in [0.4, 0.5) is 0 Å². The van der Waals surface area contributed by atoms with Crippen molar-refractivity contribution in [3.8, 4) is 0 Å². The maximum Gasteiger partial charge on any atom is 0.254 e. The monoisotopic (exact) mass is 274 g/mol. The maximum atomic E-state index is 12.7. The Bertz CT molecular complexity index is 467. The molecule has 0 saturated carbocycles. The van der Waals surface area contributed by atoms with E-state index in [9.17, 15) is 4.79 Å². The summed E-state index contributed by atoms with van der Waals surface area (Å²) in [5, 5.41) is 3.50. The Balaban J connectivity index is 2.10. The Morgan fingerprint density at radius 3 is 2.45 bits per heavy atom. The second-order valence-corrected chi connectivity index (χ2v) is 6.11. The van der Waals surface area contributed by atoms with Gasteiger partial charge in [0.05, 0.1) is 0 Å². The summed E-state index contributed by atoms with van der Waals surface area (Å²) in [4.78, 5) is 14.5. The van der Waals surface area contributed by atoms with E-state index in [0.29, 0.717) is 6.04 Å². The van der Waals surface area contributed by atoms with E-state index in [1.54, 1.807) is 0 Å². The first kappa shape index (κ1) is 15.0. The van der Waals surface area contributed by atoms with Crippen molar-refractivity contribution in [3.05, 3.63) is 34.4 Å². The van der Waals surface area contributed by atoms with Gasteiger partial charge in [0.2, 0.25) is 0 Å². The molecule has 1 aliphatic rings. The minimum absolute atomic E-state index is 0.146. The number of carbonyl (C=O) groups excluding carboxylic acids is 1. The summed E-state index contributed by atoms with van der Waals surface area (Å²) < 4.78 is 0. The van der Waals surface area contributed by atoms with Crippen LogP contribution in [-0.4, -0.2) is 37.0 Å². The highest BCUT2D eigenvalue weighted by Gasteiger charge is 2.21. The van der Waals surface area contributed by atoms with Gasteiger partial charge in [0.15, 0.2) is 0 Å². The highest BCUT2D eigenvalue weighted by atomic mass is 16.2. The van der Waals surface area contributed by atoms with E-state index in [-0.39, 0.29) is 5.91 Å². The lowest BCUT2D eigenvalue weighted by Gasteiger charge is -2.29. The number of rotatable bonds is 3. The molecule has 1 aromatic rings. The number of hydrogen-bond donors (Lipinski definition) is 1. The lowest BCUT2D eigenvalue weighted by atomic mass is 9.98. The molecule has 3 heteroatoms. The standard InChI is InChI=1S/C17H26N2O/c1-12-9-13(2)16(14(3)10-12)17(20)19(4)11-15-7-5-6-8-18-15/h9-10,15,18H,5-8,11H2,1-4H3. The molecule has 1 saturated heterocycles. The van der Waals surface area contributed by atoms with Crippen molar-refractivity contribution in [2.75, 3.05) is 20.1 Å². The molecule has 0 spiro atoms. The van der Waals surface area contributed by atoms with Crippen LogP contribution in [0.5, 0.6) is 0 Å². The number of nitrogens with zero attached hydrogens (tertiary/aromatic N) is 1. The second-order valence-electron chi connectivity index (χ2n) is 6.11. The normalized spacial score (nSPS) is 18.9. The molecular formula is C17H26N2O. The fraction of sp³-hybridized carbons (Fsp3) is 0.588. The van der Waals surface area contributed by atoms with Gasteiger partial charge in [-0.15, -0.1) is 0 Å². The van der Waals surface area contributed by atoms with Crippen molar-refractivity contribution in [3.63, 3.8) is 0 Å². The van der Waals surface area contributed by atoms with Crippen molar-refractivity contribution in [2.24, 2.45) is 0 Å². The zero-order chi connectivity index (χ0) is 14.7. The van der Waals surface area contributed by atoms with Gasteiger partial charge in [0.25, 0.3) is 5.91 Å². The molecule has 0 aliphatic carbocycles. The van der Waals surface area contributed by atoms with Gasteiger partial charge >= 0.3 is 0 Å². The largest absolute Gasteiger partial charge is 0.340 e. The molecule has 1 unspecified atom stereocenters. The van der Waals surface area contributed by atoms with Crippen LogP contribution in [0.3, 0.4) is 0 Å². The van der Waals surface area contributed by atoms with E-state index in [4.69, 9.17) is 0 Å². The molecule has 20 heavy (non-hydrogen) atoms. The average molecular weight is 274 g/mol. The third-order valence-electron chi connectivity index (χ3n) is 4.14. The fourth-order valence-electron chi connectivity index (χ4n) is 3.20. The first-order valence-electron chi connectivity index (χ1n) is 7.55. The van der Waals surface area contributed by atoms with Crippen molar-refractivity contribution in [1.29, 1.82) is 0 Å². The molecule has 0 radical (unpaired) electrons. The first-order valence-corrected chi connectivity index (χ1v) is 7.55. The minimum atomic E-state index is 0.146. The lowest BCUT2D eigenvalue weighted by Crippen LogP contribution is -2.44. The van der Waals surface area contributed by atoms with Crippen LogP contribution in [0.1, 0.15) is 46.3 Å². The smallest absolute Gasteiger partial charge is 0.254 e. The van der Waals surface area contributed by atoms with Gasteiger partial charge < -0.3 is 10.2 Å². The summed E-state index contributed by atoms with van der Waals surface area (Å²) in [5.74, 6) is 0.146. The van der Waals surface area contributed by atoms with Crippen LogP contribution in [0.15, 0.2) is 12.1 Å². The average Bonchev–Trinajstić information content (AvgIpc) is 2.38. The summed E-state index contributed by atoms with van der Waals surface area (Å²) in [5.41, 5.74) is 4.24. The van der Waals surface area contributed by atoms with E-state index >= 15 is 0 Å². The quantitative estimate of drug-likeness (QED) is 0.919. The van der Waals surface area contributed by atoms with E-state index < -0.39 is 0 Å². The molecular weight excluding hydrogens is 248 g/mol. The van der Waals surface area contributed by atoms with E-state index in [1.807, 2.05) is 25.8 Å². The molecule has 1 fully saturated rings. The molecule has 1 aromatic carbocycles. The predicted octanol–water partition coefficient (Wildman–Crippen LogP) is 2.83. The summed E-state index contributed by atoms with van der Waals surface area (Å²) in [6, 6.07) is 4.63. The molecule has 1 aliphatic heterocycles. The third-order valence-corrected chi connectivity index (χ3v) is 4.14. The number of aryl methyl sites for hydroxylation is 3. The van der Waals surface area contributed by atoms with Crippen LogP contribution < -0.4 is 5.32 Å². The zero-order valence-electron chi connectivity index (χ0n) is 13.1. The summed E-state index contributed by atoms with van der Waals surface area (Å²) in [6.07, 6.45) is 3.69. The lowest BCUT2D eigenvalue weighted by molar-refractivity contribution is 0.0774. The van der Waals surface area contributed by atoms with Crippen LogP contribution in [0.25, 0.3) is 0 Å². The highest BCUT2D eigenvalue weighted by Crippen LogP contribution is 2.18. The molecule has 1 heterocycles. The van der Waals surface area contributed by atoms with Crippen molar-refractivity contribution < 1.29 is 4.79 Å². The zero-order valence-corrected chi connectivity index (χ0v) is 13.1. The molecule has 1 N–H and O–H groups in total. The Hall–Kier alpha value is -1.35. The summed E-state index contributed by atoms with van der Waals surface area (Å²) in [6.45, 7) is 8.00. The summed E-state index contributed by atoms with van der Waals surface area (Å²) >= 11 is 0. The molecule has 0 bridgehead atoms. The maximum absolute atomic E-state index is 12.7. The number of benzene rings is 1. The molecule has 3 nitrogen and oxygen atoms in total. The van der Waals surface area contributed by atoms with Gasteiger partial charge in [0.1, 0.15) is 0 Å². The Morgan fingerprint density at radius 2 is 1.90 bits per heavy atom. The highest BCUT2D eigenvalue weighted by molar-refractivity contribution is 5.97. The van der Waals surface area contributed by atoms with E-state index in [0.717, 1.165) is 29.8 Å². The Labute approximate surface area is 122 Å². The second kappa shape index (κ2) is 6.40. The van der Waals surface area contributed by atoms with Crippen molar-refractivity contribution in [1.82, 2.24) is 10.2 Å². The topological polar surface area (TPSA) is 32.3 Å². The number of hydrogen-bond acceptors (Lipinski definition) is 2. The first-order chi connectivity index (χ1) is 9.49. The molecule has 110 valence electrons. The van der Waals surface area contributed by atoms with Gasteiger partial charge in [0, 0.05) is 25.2 Å². The van der Waals surface area contributed by atoms with Gasteiger partial charge in [-0.1, -0.05) is 24.1 Å². The molecule has 1 amide bonds. The van der Waals surface area contributed by atoms with E-state index in [2.05, 4.69) is 24.4 Å². The number of likely N-dealkylation sites (N-methyl/N-ethyl adjacent to an activating group) is 1. The molecule has 2 rings (SSSR count). The SMILES string of the molecule is Cc1cc(C)c(C(=O)N(C)CC2CCCCN2)c(C)c1. The Kier molecular flexibility index (Phi) is 4.81. The van der Waals surface area contributed by atoms with Crippen LogP contribution in [0.2, 0.25) is 0 Å². The van der Waals surface area contributed by atoms with Gasteiger partial charge in [-0.25, -0.2) is 0 Å². The number of piperidine rings is 1. The fourth-order valence-corrected chi connectivity index (χ4v) is 3.20. The predicted molar refractivity (Wildman–Crippen MR) is 83.3 cm³/mol. The van der Waals surface area contributed by atoms with Crippen LogP contribution >= 0.6 is 0 Å². The van der Waals surface area contributed by atoms with Gasteiger partial charge in [-0.2, -0.15) is 0 Å². The Morgan fingerprint density at radius 1 is 1.25 bits per heavy atom. The number of carbonyl (C=O) groups is 1. The van der Waals surface area contributed by atoms with Crippen LogP contribution in [-0.2, 0) is 0 Å². The molecule has 0 aromatic heterocycles. The molecule has 1 atom stereocenters. The number of nitrogens with one attached hydrogen (secondary N) is 1. The third kappa shape index (κ3) is 3.40. The summed E-state index contributed by atoms with van der Waals surface area (Å²) in [7, 11) is 1.91. The van der Waals surface area contributed by atoms with Crippen molar-refractivity contribution >= 4 is 5.91 Å². The number of amides is 1. The van der Waals surface area contributed by atoms with Gasteiger partial charge in [-0.05, 0) is 51.3 Å². The minimum Gasteiger partial charge on any atom is -0.340 e. The van der Waals surface area contributed by atoms with Crippen molar-refractivity contribution in [2.45, 2.75) is 46.1 Å².